The highest BCUT2D eigenvalue weighted by atomic mass is 19.1. The zero-order valence-electron chi connectivity index (χ0n) is 18.3. The van der Waals surface area contributed by atoms with Crippen molar-refractivity contribution in [1.82, 2.24) is 24.7 Å². The van der Waals surface area contributed by atoms with Crippen LogP contribution in [0.5, 0.6) is 0 Å². The van der Waals surface area contributed by atoms with Gasteiger partial charge in [0.25, 0.3) is 0 Å². The number of pyridine rings is 1. The highest BCUT2D eigenvalue weighted by molar-refractivity contribution is 5.89. The first kappa shape index (κ1) is 22.0. The number of benzene rings is 1. The lowest BCUT2D eigenvalue weighted by Gasteiger charge is -2.22. The van der Waals surface area contributed by atoms with Gasteiger partial charge < -0.3 is 4.74 Å². The molecule has 0 unspecified atom stereocenters. The number of hydrogen-bond donors (Lipinski definition) is 0. The third-order valence-electron chi connectivity index (χ3n) is 5.55. The van der Waals surface area contributed by atoms with Gasteiger partial charge in [0.2, 0.25) is 0 Å². The van der Waals surface area contributed by atoms with E-state index >= 15 is 0 Å². The van der Waals surface area contributed by atoms with E-state index in [4.69, 9.17) is 9.72 Å². The smallest absolute Gasteiger partial charge is 0.135 e. The highest BCUT2D eigenvalue weighted by Gasteiger charge is 2.22. The average molecular weight is 437 g/mol. The van der Waals surface area contributed by atoms with Crippen LogP contribution in [0, 0.1) is 25.5 Å². The Hall–Kier alpha value is -3.26. The topological polar surface area (TPSA) is 65.7 Å². The number of fused-ring (bicyclic) bond motifs is 1. The second-order valence-corrected chi connectivity index (χ2v) is 7.85. The van der Waals surface area contributed by atoms with Gasteiger partial charge in [-0.25, -0.2) is 23.7 Å². The molecule has 166 valence electrons. The zero-order valence-corrected chi connectivity index (χ0v) is 18.3. The van der Waals surface area contributed by atoms with Crippen LogP contribution in [0.25, 0.3) is 22.3 Å². The first-order valence-electron chi connectivity index (χ1n) is 10.5. The molecule has 8 heteroatoms. The summed E-state index contributed by atoms with van der Waals surface area (Å²) >= 11 is 0. The summed E-state index contributed by atoms with van der Waals surface area (Å²) in [7, 11) is 1.89. The first-order chi connectivity index (χ1) is 15.4. The van der Waals surface area contributed by atoms with Crippen LogP contribution in [0.1, 0.15) is 35.8 Å². The van der Waals surface area contributed by atoms with Gasteiger partial charge >= 0.3 is 0 Å². The van der Waals surface area contributed by atoms with E-state index in [9.17, 15) is 8.78 Å². The molecule has 3 aromatic heterocycles. The maximum absolute atomic E-state index is 14.5. The number of aryl methyl sites for hydroxylation is 3. The van der Waals surface area contributed by atoms with Crippen LogP contribution in [-0.4, -0.2) is 37.9 Å². The SMILES string of the molecule is Cc1nc2cc(C3CCOCC3)nc(-c3ccc(F)cc3F)c2nc1C.Cn1cccn1. The van der Waals surface area contributed by atoms with Gasteiger partial charge in [-0.15, -0.1) is 0 Å². The fourth-order valence-corrected chi connectivity index (χ4v) is 3.67. The van der Waals surface area contributed by atoms with Crippen LogP contribution in [-0.2, 0) is 11.8 Å². The minimum atomic E-state index is -0.650. The van der Waals surface area contributed by atoms with Gasteiger partial charge in [0.05, 0.1) is 16.9 Å². The van der Waals surface area contributed by atoms with Gasteiger partial charge in [-0.3, -0.25) is 4.68 Å². The van der Waals surface area contributed by atoms with Crippen LogP contribution >= 0.6 is 0 Å². The van der Waals surface area contributed by atoms with E-state index in [1.807, 2.05) is 39.2 Å². The van der Waals surface area contributed by atoms with Crippen LogP contribution in [0.4, 0.5) is 8.78 Å². The molecule has 4 aromatic rings. The minimum Gasteiger partial charge on any atom is -0.381 e. The van der Waals surface area contributed by atoms with E-state index in [2.05, 4.69) is 15.1 Å². The Kier molecular flexibility index (Phi) is 6.50. The van der Waals surface area contributed by atoms with E-state index in [0.29, 0.717) is 29.9 Å². The Labute approximate surface area is 185 Å². The predicted octanol–water partition coefficient (Wildman–Crippen LogP) is 4.90. The molecule has 0 atom stereocenters. The number of hydrogen-bond acceptors (Lipinski definition) is 5. The van der Waals surface area contributed by atoms with E-state index < -0.39 is 11.6 Å². The highest BCUT2D eigenvalue weighted by Crippen LogP contribution is 2.33. The molecule has 1 saturated heterocycles. The van der Waals surface area contributed by atoms with Crippen molar-refractivity contribution in [3.63, 3.8) is 0 Å². The van der Waals surface area contributed by atoms with Crippen molar-refractivity contribution in [1.29, 1.82) is 0 Å². The van der Waals surface area contributed by atoms with Gasteiger partial charge in [0, 0.05) is 55.9 Å². The van der Waals surface area contributed by atoms with Crippen molar-refractivity contribution < 1.29 is 13.5 Å². The lowest BCUT2D eigenvalue weighted by atomic mass is 9.95. The Morgan fingerprint density at radius 1 is 1.00 bits per heavy atom. The number of aromatic nitrogens is 5. The fourth-order valence-electron chi connectivity index (χ4n) is 3.67. The van der Waals surface area contributed by atoms with E-state index in [1.54, 1.807) is 10.9 Å². The molecule has 32 heavy (non-hydrogen) atoms. The molecule has 0 amide bonds. The second kappa shape index (κ2) is 9.48. The number of rotatable bonds is 2. The Bertz CT molecular complexity index is 1220. The molecule has 0 aliphatic carbocycles. The number of ether oxygens (including phenoxy) is 1. The molecule has 1 aliphatic heterocycles. The molecule has 6 nitrogen and oxygen atoms in total. The van der Waals surface area contributed by atoms with Crippen LogP contribution in [0.3, 0.4) is 0 Å². The maximum atomic E-state index is 14.5. The average Bonchev–Trinajstić information content (AvgIpc) is 3.26. The molecule has 1 aromatic carbocycles. The van der Waals surface area contributed by atoms with Crippen molar-refractivity contribution in [2.24, 2.45) is 7.05 Å². The number of nitrogens with zero attached hydrogens (tertiary/aromatic N) is 5. The van der Waals surface area contributed by atoms with Gasteiger partial charge in [-0.05, 0) is 51.0 Å². The van der Waals surface area contributed by atoms with Gasteiger partial charge in [0.15, 0.2) is 0 Å². The van der Waals surface area contributed by atoms with E-state index in [0.717, 1.165) is 36.0 Å². The molecule has 0 radical (unpaired) electrons. The van der Waals surface area contributed by atoms with E-state index in [-0.39, 0.29) is 11.5 Å². The van der Waals surface area contributed by atoms with Crippen LogP contribution < -0.4 is 0 Å². The van der Waals surface area contributed by atoms with Crippen molar-refractivity contribution >= 4 is 11.0 Å². The first-order valence-corrected chi connectivity index (χ1v) is 10.5. The Morgan fingerprint density at radius 2 is 1.75 bits per heavy atom. The monoisotopic (exact) mass is 437 g/mol. The summed E-state index contributed by atoms with van der Waals surface area (Å²) in [5, 5.41) is 3.83. The zero-order chi connectivity index (χ0) is 22.7. The molecular formula is C24H25F2N5O. The third kappa shape index (κ3) is 4.80. The van der Waals surface area contributed by atoms with Crippen molar-refractivity contribution in [2.75, 3.05) is 13.2 Å². The second-order valence-electron chi connectivity index (χ2n) is 7.85. The maximum Gasteiger partial charge on any atom is 0.135 e. The minimum absolute atomic E-state index is 0.235. The quantitative estimate of drug-likeness (QED) is 0.446. The summed E-state index contributed by atoms with van der Waals surface area (Å²) in [5.41, 5.74) is 4.32. The molecule has 0 bridgehead atoms. The van der Waals surface area contributed by atoms with Crippen molar-refractivity contribution in [2.45, 2.75) is 32.6 Å². The summed E-state index contributed by atoms with van der Waals surface area (Å²) in [6.07, 6.45) is 5.37. The largest absolute Gasteiger partial charge is 0.381 e. The van der Waals surface area contributed by atoms with Gasteiger partial charge in [-0.1, -0.05) is 0 Å². The van der Waals surface area contributed by atoms with Crippen LogP contribution in [0.2, 0.25) is 0 Å². The summed E-state index contributed by atoms with van der Waals surface area (Å²) in [6.45, 7) is 5.12. The van der Waals surface area contributed by atoms with Crippen LogP contribution in [0.15, 0.2) is 42.7 Å². The molecule has 0 saturated carbocycles. The standard InChI is InChI=1S/C20H19F2N3O.C4H6N2/c1-11-12(2)24-20-18(23-11)10-17(13-5-7-26-8-6-13)25-19(20)15-4-3-14(21)9-16(15)22;1-6-4-2-3-5-6/h3-4,9-10,13H,5-8H2,1-2H3;2-4H,1H3. The molecular weight excluding hydrogens is 412 g/mol. The number of halogens is 2. The van der Waals surface area contributed by atoms with Gasteiger partial charge in [0.1, 0.15) is 22.8 Å². The molecule has 4 heterocycles. The molecule has 5 rings (SSSR count). The molecule has 1 fully saturated rings. The molecule has 0 N–H and O–H groups in total. The lowest BCUT2D eigenvalue weighted by Crippen LogP contribution is -2.15. The molecule has 1 aliphatic rings. The third-order valence-corrected chi connectivity index (χ3v) is 5.55. The van der Waals surface area contributed by atoms with Crippen molar-refractivity contribution in [3.8, 4) is 11.3 Å². The molecule has 0 spiro atoms. The summed E-state index contributed by atoms with van der Waals surface area (Å²) < 4.78 is 35.0. The summed E-state index contributed by atoms with van der Waals surface area (Å²) in [6, 6.07) is 7.35. The normalized spacial score (nSPS) is 14.3. The fraction of sp³-hybridized carbons (Fsp3) is 0.333. The lowest BCUT2D eigenvalue weighted by molar-refractivity contribution is 0.0845. The van der Waals surface area contributed by atoms with E-state index in [1.165, 1.54) is 12.1 Å². The van der Waals surface area contributed by atoms with Crippen molar-refractivity contribution in [3.05, 3.63) is 71.4 Å². The Balaban J connectivity index is 0.000000354. The summed E-state index contributed by atoms with van der Waals surface area (Å²) in [4.78, 5) is 14.0. The summed E-state index contributed by atoms with van der Waals surface area (Å²) in [5.74, 6) is -1.03. The Morgan fingerprint density at radius 3 is 2.38 bits per heavy atom. The predicted molar refractivity (Wildman–Crippen MR) is 118 cm³/mol. The van der Waals surface area contributed by atoms with Gasteiger partial charge in [-0.2, -0.15) is 5.10 Å².